The van der Waals surface area contributed by atoms with E-state index in [2.05, 4.69) is 29.5 Å². The van der Waals surface area contributed by atoms with Gasteiger partial charge in [0, 0.05) is 13.6 Å². The van der Waals surface area contributed by atoms with Gasteiger partial charge in [0.05, 0.1) is 12.7 Å². The van der Waals surface area contributed by atoms with Gasteiger partial charge in [0.25, 0.3) is 0 Å². The second-order valence-electron chi connectivity index (χ2n) is 5.06. The number of nitrogens with zero attached hydrogens (tertiary/aromatic N) is 4. The molecule has 112 valence electrons. The van der Waals surface area contributed by atoms with Gasteiger partial charge < -0.3 is 15.3 Å². The van der Waals surface area contributed by atoms with E-state index in [1.54, 1.807) is 11.9 Å². The van der Waals surface area contributed by atoms with E-state index >= 15 is 0 Å². The fraction of sp³-hybridized carbons (Fsp3) is 0.667. The summed E-state index contributed by atoms with van der Waals surface area (Å²) < 4.78 is 1.21. The normalized spacial score (nSPS) is 10.6. The van der Waals surface area contributed by atoms with Gasteiger partial charge >= 0.3 is 12.0 Å². The SMILES string of the molecule is CC(C)CCN(C)C(=O)NCc1cn(CC(=O)O)nn1. The van der Waals surface area contributed by atoms with Gasteiger partial charge in [0.1, 0.15) is 12.2 Å². The fourth-order valence-corrected chi connectivity index (χ4v) is 1.49. The van der Waals surface area contributed by atoms with Crippen molar-refractivity contribution in [1.29, 1.82) is 0 Å². The number of hydrogen-bond donors (Lipinski definition) is 2. The molecule has 2 N–H and O–H groups in total. The molecule has 0 unspecified atom stereocenters. The first-order chi connectivity index (χ1) is 9.38. The van der Waals surface area contributed by atoms with Crippen LogP contribution in [0.15, 0.2) is 6.20 Å². The molecule has 8 heteroatoms. The molecule has 20 heavy (non-hydrogen) atoms. The van der Waals surface area contributed by atoms with Crippen molar-refractivity contribution in [3.05, 3.63) is 11.9 Å². The van der Waals surface area contributed by atoms with E-state index in [-0.39, 0.29) is 19.1 Å². The minimum atomic E-state index is -0.987. The minimum Gasteiger partial charge on any atom is -0.480 e. The zero-order valence-corrected chi connectivity index (χ0v) is 12.0. The Morgan fingerprint density at radius 1 is 1.50 bits per heavy atom. The number of rotatable bonds is 7. The first kappa shape index (κ1) is 15.9. The van der Waals surface area contributed by atoms with E-state index in [0.717, 1.165) is 6.42 Å². The van der Waals surface area contributed by atoms with Gasteiger partial charge in [0.2, 0.25) is 0 Å². The van der Waals surface area contributed by atoms with Gasteiger partial charge in [-0.3, -0.25) is 4.79 Å². The number of carbonyl (C=O) groups excluding carboxylic acids is 1. The Hall–Kier alpha value is -2.12. The zero-order chi connectivity index (χ0) is 15.1. The van der Waals surface area contributed by atoms with Gasteiger partial charge in [-0.25, -0.2) is 9.48 Å². The van der Waals surface area contributed by atoms with Crippen LogP contribution in [0.3, 0.4) is 0 Å². The largest absolute Gasteiger partial charge is 0.480 e. The van der Waals surface area contributed by atoms with Crippen LogP contribution in [-0.4, -0.2) is 50.6 Å². The zero-order valence-electron chi connectivity index (χ0n) is 12.0. The third kappa shape index (κ3) is 5.68. The van der Waals surface area contributed by atoms with Gasteiger partial charge in [-0.1, -0.05) is 19.1 Å². The van der Waals surface area contributed by atoms with Gasteiger partial charge in [0.15, 0.2) is 0 Å². The first-order valence-electron chi connectivity index (χ1n) is 6.48. The van der Waals surface area contributed by atoms with Crippen molar-refractivity contribution in [2.45, 2.75) is 33.4 Å². The molecule has 0 radical (unpaired) electrons. The summed E-state index contributed by atoms with van der Waals surface area (Å²) in [6.07, 6.45) is 2.45. The summed E-state index contributed by atoms with van der Waals surface area (Å²) in [5, 5.41) is 18.8. The summed E-state index contributed by atoms with van der Waals surface area (Å²) in [5.74, 6) is -0.444. The molecule has 0 saturated heterocycles. The van der Waals surface area contributed by atoms with Gasteiger partial charge in [-0.05, 0) is 12.3 Å². The van der Waals surface area contributed by atoms with Crippen molar-refractivity contribution in [2.24, 2.45) is 5.92 Å². The third-order valence-corrected chi connectivity index (χ3v) is 2.69. The van der Waals surface area contributed by atoms with Crippen molar-refractivity contribution in [3.63, 3.8) is 0 Å². The number of carboxylic acid groups (broad SMARTS) is 1. The fourth-order valence-electron chi connectivity index (χ4n) is 1.49. The maximum Gasteiger partial charge on any atom is 0.325 e. The molecule has 0 atom stereocenters. The molecule has 1 heterocycles. The Balaban J connectivity index is 2.36. The van der Waals surface area contributed by atoms with Crippen molar-refractivity contribution in [3.8, 4) is 0 Å². The summed E-state index contributed by atoms with van der Waals surface area (Å²) in [6, 6.07) is -0.182. The lowest BCUT2D eigenvalue weighted by Crippen LogP contribution is -2.37. The smallest absolute Gasteiger partial charge is 0.325 e. The lowest BCUT2D eigenvalue weighted by atomic mass is 10.1. The summed E-state index contributed by atoms with van der Waals surface area (Å²) in [7, 11) is 1.74. The van der Waals surface area contributed by atoms with Crippen LogP contribution in [0.2, 0.25) is 0 Å². The highest BCUT2D eigenvalue weighted by atomic mass is 16.4. The molecule has 1 rings (SSSR count). The van der Waals surface area contributed by atoms with Crippen LogP contribution in [0.4, 0.5) is 4.79 Å². The minimum absolute atomic E-state index is 0.182. The molecule has 2 amide bonds. The van der Waals surface area contributed by atoms with Crippen LogP contribution in [0, 0.1) is 5.92 Å². The van der Waals surface area contributed by atoms with Crippen molar-refractivity contribution >= 4 is 12.0 Å². The molecular weight excluding hydrogens is 262 g/mol. The van der Waals surface area contributed by atoms with Crippen LogP contribution in [0.1, 0.15) is 26.0 Å². The molecule has 0 aromatic carbocycles. The van der Waals surface area contributed by atoms with Crippen molar-refractivity contribution in [1.82, 2.24) is 25.2 Å². The molecule has 0 spiro atoms. The van der Waals surface area contributed by atoms with Crippen LogP contribution in [0.5, 0.6) is 0 Å². The number of aromatic nitrogens is 3. The molecule has 0 aliphatic carbocycles. The van der Waals surface area contributed by atoms with E-state index in [9.17, 15) is 9.59 Å². The summed E-state index contributed by atoms with van der Waals surface area (Å²) in [6.45, 7) is 4.88. The van der Waals surface area contributed by atoms with Crippen LogP contribution < -0.4 is 5.32 Å². The van der Waals surface area contributed by atoms with E-state index < -0.39 is 5.97 Å². The summed E-state index contributed by atoms with van der Waals surface area (Å²) in [4.78, 5) is 23.9. The van der Waals surface area contributed by atoms with E-state index in [1.165, 1.54) is 10.9 Å². The molecular formula is C12H21N5O3. The standard InChI is InChI=1S/C12H21N5O3/c1-9(2)4-5-16(3)12(20)13-6-10-7-17(15-14-10)8-11(18)19/h7,9H,4-6,8H2,1-3H3,(H,13,20)(H,18,19). The monoisotopic (exact) mass is 283 g/mol. The number of aliphatic carboxylic acids is 1. The average Bonchev–Trinajstić information content (AvgIpc) is 2.79. The maximum atomic E-state index is 11.8. The second kappa shape index (κ2) is 7.46. The number of urea groups is 1. The molecule has 0 bridgehead atoms. The highest BCUT2D eigenvalue weighted by Gasteiger charge is 2.10. The van der Waals surface area contributed by atoms with Crippen LogP contribution in [0.25, 0.3) is 0 Å². The third-order valence-electron chi connectivity index (χ3n) is 2.69. The molecule has 8 nitrogen and oxygen atoms in total. The number of amides is 2. The van der Waals surface area contributed by atoms with E-state index in [0.29, 0.717) is 18.2 Å². The quantitative estimate of drug-likeness (QED) is 0.761. The average molecular weight is 283 g/mol. The van der Waals surface area contributed by atoms with Crippen LogP contribution in [-0.2, 0) is 17.9 Å². The molecule has 1 aromatic heterocycles. The van der Waals surface area contributed by atoms with E-state index in [4.69, 9.17) is 5.11 Å². The Kier molecular flexibility index (Phi) is 5.95. The second-order valence-corrected chi connectivity index (χ2v) is 5.06. The first-order valence-corrected chi connectivity index (χ1v) is 6.48. The molecule has 0 aliphatic rings. The lowest BCUT2D eigenvalue weighted by molar-refractivity contribution is -0.137. The Morgan fingerprint density at radius 2 is 2.20 bits per heavy atom. The summed E-state index contributed by atoms with van der Waals surface area (Å²) >= 11 is 0. The van der Waals surface area contributed by atoms with Crippen molar-refractivity contribution < 1.29 is 14.7 Å². The topological polar surface area (TPSA) is 100 Å². The number of carboxylic acids is 1. The number of carbonyl (C=O) groups is 2. The highest BCUT2D eigenvalue weighted by molar-refractivity contribution is 5.73. The van der Waals surface area contributed by atoms with Crippen molar-refractivity contribution in [2.75, 3.05) is 13.6 Å². The Labute approximate surface area is 117 Å². The number of nitrogens with one attached hydrogen (secondary N) is 1. The highest BCUT2D eigenvalue weighted by Crippen LogP contribution is 2.01. The van der Waals surface area contributed by atoms with Crippen LogP contribution >= 0.6 is 0 Å². The van der Waals surface area contributed by atoms with E-state index in [1.807, 2.05) is 0 Å². The summed E-state index contributed by atoms with van der Waals surface area (Å²) in [5.41, 5.74) is 0.525. The Bertz CT molecular complexity index is 458. The molecule has 0 saturated carbocycles. The predicted molar refractivity (Wildman–Crippen MR) is 72.0 cm³/mol. The van der Waals surface area contributed by atoms with Gasteiger partial charge in [-0.15, -0.1) is 5.10 Å². The van der Waals surface area contributed by atoms with Gasteiger partial charge in [-0.2, -0.15) is 0 Å². The molecule has 0 fully saturated rings. The number of hydrogen-bond acceptors (Lipinski definition) is 4. The predicted octanol–water partition coefficient (Wildman–Crippen LogP) is 0.550. The molecule has 0 aliphatic heterocycles. The molecule has 1 aromatic rings. The maximum absolute atomic E-state index is 11.8. The lowest BCUT2D eigenvalue weighted by Gasteiger charge is -2.18. The Morgan fingerprint density at radius 3 is 2.80 bits per heavy atom.